The molecule has 0 atom stereocenters. The zero-order chi connectivity index (χ0) is 17.8. The largest absolute Gasteiger partial charge is 0.493 e. The Morgan fingerprint density at radius 2 is 2.08 bits per heavy atom. The van der Waals surface area contributed by atoms with E-state index >= 15 is 0 Å². The van der Waals surface area contributed by atoms with E-state index in [-0.39, 0.29) is 0 Å². The molecule has 0 amide bonds. The zero-order valence-electron chi connectivity index (χ0n) is 13.2. The Bertz CT molecular complexity index is 981. The minimum Gasteiger partial charge on any atom is -0.493 e. The van der Waals surface area contributed by atoms with Crippen molar-refractivity contribution in [2.45, 2.75) is 6.92 Å². The number of halogens is 2. The Morgan fingerprint density at radius 3 is 2.84 bits per heavy atom. The van der Waals surface area contributed by atoms with Gasteiger partial charge in [0, 0.05) is 16.1 Å². The van der Waals surface area contributed by atoms with Gasteiger partial charge in [-0.3, -0.25) is 0 Å². The van der Waals surface area contributed by atoms with E-state index in [0.29, 0.717) is 32.8 Å². The van der Waals surface area contributed by atoms with Gasteiger partial charge >= 0.3 is 0 Å². The van der Waals surface area contributed by atoms with Gasteiger partial charge in [0.1, 0.15) is 5.75 Å². The minimum absolute atomic E-state index is 0.353. The standard InChI is InChI=1S/C17H14Cl2N4OS/c1-2-24-15-6-4-3-5-11(15)10-20-23-16(21-22-17(23)25)13-8-7-12(18)9-14(13)19/h3-10H,2H2,1H3,(H,22,25)/b20-10+. The Hall–Kier alpha value is -2.15. The fourth-order valence-corrected chi connectivity index (χ4v) is 2.91. The van der Waals surface area contributed by atoms with Crippen LogP contribution in [0.15, 0.2) is 47.6 Å². The molecule has 2 aromatic carbocycles. The molecule has 0 saturated heterocycles. The smallest absolute Gasteiger partial charge is 0.216 e. The molecule has 0 aliphatic carbocycles. The number of H-pyrrole nitrogens is 1. The molecular weight excluding hydrogens is 379 g/mol. The molecule has 3 rings (SSSR count). The van der Waals surface area contributed by atoms with Gasteiger partial charge in [-0.15, -0.1) is 0 Å². The van der Waals surface area contributed by atoms with Gasteiger partial charge < -0.3 is 4.74 Å². The van der Waals surface area contributed by atoms with Crippen molar-refractivity contribution < 1.29 is 4.74 Å². The molecule has 25 heavy (non-hydrogen) atoms. The Balaban J connectivity index is 2.02. The topological polar surface area (TPSA) is 55.2 Å². The molecule has 0 aliphatic rings. The highest BCUT2D eigenvalue weighted by Gasteiger charge is 2.12. The van der Waals surface area contributed by atoms with Crippen LogP contribution in [-0.2, 0) is 0 Å². The van der Waals surface area contributed by atoms with Gasteiger partial charge in [0.15, 0.2) is 5.82 Å². The number of aromatic amines is 1. The summed E-state index contributed by atoms with van der Waals surface area (Å²) < 4.78 is 7.46. The molecule has 5 nitrogen and oxygen atoms in total. The molecule has 1 heterocycles. The number of nitrogens with zero attached hydrogens (tertiary/aromatic N) is 3. The maximum absolute atomic E-state index is 6.27. The highest BCUT2D eigenvalue weighted by atomic mass is 35.5. The molecule has 1 aromatic heterocycles. The van der Waals surface area contributed by atoms with E-state index in [4.69, 9.17) is 40.2 Å². The molecule has 0 unspecified atom stereocenters. The quantitative estimate of drug-likeness (QED) is 0.479. The monoisotopic (exact) mass is 392 g/mol. The average molecular weight is 393 g/mol. The van der Waals surface area contributed by atoms with Gasteiger partial charge in [0.05, 0.1) is 17.8 Å². The van der Waals surface area contributed by atoms with Crippen LogP contribution in [0.1, 0.15) is 12.5 Å². The zero-order valence-corrected chi connectivity index (χ0v) is 15.6. The van der Waals surface area contributed by atoms with Crippen molar-refractivity contribution in [3.63, 3.8) is 0 Å². The van der Waals surface area contributed by atoms with Crippen LogP contribution in [0.25, 0.3) is 11.4 Å². The van der Waals surface area contributed by atoms with Gasteiger partial charge in [-0.2, -0.15) is 14.9 Å². The first kappa shape index (κ1) is 17.7. The third kappa shape index (κ3) is 3.92. The lowest BCUT2D eigenvalue weighted by Crippen LogP contribution is -1.98. The van der Waals surface area contributed by atoms with Crippen LogP contribution < -0.4 is 4.74 Å². The lowest BCUT2D eigenvalue weighted by atomic mass is 10.2. The third-order valence-corrected chi connectivity index (χ3v) is 4.17. The second-order valence-corrected chi connectivity index (χ2v) is 6.23. The van der Waals surface area contributed by atoms with Crippen LogP contribution in [0.4, 0.5) is 0 Å². The first-order valence-corrected chi connectivity index (χ1v) is 8.65. The number of hydrogen-bond acceptors (Lipinski definition) is 4. The van der Waals surface area contributed by atoms with Gasteiger partial charge in [-0.1, -0.05) is 35.3 Å². The number of para-hydroxylation sites is 1. The molecule has 0 radical (unpaired) electrons. The number of ether oxygens (including phenoxy) is 1. The molecule has 8 heteroatoms. The van der Waals surface area contributed by atoms with E-state index in [9.17, 15) is 0 Å². The summed E-state index contributed by atoms with van der Waals surface area (Å²) in [4.78, 5) is 0. The van der Waals surface area contributed by atoms with Crippen LogP contribution in [0, 0.1) is 4.77 Å². The summed E-state index contributed by atoms with van der Waals surface area (Å²) in [6.07, 6.45) is 1.67. The highest BCUT2D eigenvalue weighted by molar-refractivity contribution is 7.71. The highest BCUT2D eigenvalue weighted by Crippen LogP contribution is 2.29. The average Bonchev–Trinajstić information content (AvgIpc) is 2.95. The lowest BCUT2D eigenvalue weighted by molar-refractivity contribution is 0.340. The summed E-state index contributed by atoms with van der Waals surface area (Å²) in [5.41, 5.74) is 1.51. The molecule has 0 bridgehead atoms. The number of aromatic nitrogens is 3. The molecular formula is C17H14Cl2N4OS. The normalized spacial score (nSPS) is 11.2. The Kier molecular flexibility index (Phi) is 5.53. The second kappa shape index (κ2) is 7.82. The molecule has 128 valence electrons. The fraction of sp³-hybridized carbons (Fsp3) is 0.118. The number of rotatable bonds is 5. The van der Waals surface area contributed by atoms with Crippen LogP contribution in [0.3, 0.4) is 0 Å². The molecule has 0 saturated carbocycles. The number of nitrogens with one attached hydrogen (secondary N) is 1. The minimum atomic E-state index is 0.353. The predicted octanol–water partition coefficient (Wildman–Crippen LogP) is 5.20. The Morgan fingerprint density at radius 1 is 1.28 bits per heavy atom. The lowest BCUT2D eigenvalue weighted by Gasteiger charge is -2.06. The van der Waals surface area contributed by atoms with E-state index in [1.165, 1.54) is 4.68 Å². The molecule has 0 aliphatic heterocycles. The van der Waals surface area contributed by atoms with Crippen molar-refractivity contribution in [3.05, 3.63) is 62.8 Å². The van der Waals surface area contributed by atoms with Crippen molar-refractivity contribution in [1.82, 2.24) is 14.9 Å². The van der Waals surface area contributed by atoms with Crippen molar-refractivity contribution in [3.8, 4) is 17.1 Å². The van der Waals surface area contributed by atoms with Gasteiger partial charge in [-0.05, 0) is 49.5 Å². The first-order valence-electron chi connectivity index (χ1n) is 7.49. The van der Waals surface area contributed by atoms with Crippen LogP contribution >= 0.6 is 35.4 Å². The summed E-state index contributed by atoms with van der Waals surface area (Å²) in [6.45, 7) is 2.50. The third-order valence-electron chi connectivity index (χ3n) is 3.35. The van der Waals surface area contributed by atoms with Crippen molar-refractivity contribution in [1.29, 1.82) is 0 Å². The fourth-order valence-electron chi connectivity index (χ4n) is 2.24. The van der Waals surface area contributed by atoms with E-state index in [2.05, 4.69) is 15.3 Å². The summed E-state index contributed by atoms with van der Waals surface area (Å²) >= 11 is 17.5. The molecule has 1 N–H and O–H groups in total. The van der Waals surface area contributed by atoms with Crippen molar-refractivity contribution >= 4 is 41.6 Å². The summed E-state index contributed by atoms with van der Waals surface area (Å²) in [5.74, 6) is 1.24. The summed E-state index contributed by atoms with van der Waals surface area (Å²) in [6, 6.07) is 12.8. The molecule has 3 aromatic rings. The van der Waals surface area contributed by atoms with Gasteiger partial charge in [0.2, 0.25) is 4.77 Å². The van der Waals surface area contributed by atoms with E-state index in [1.807, 2.05) is 31.2 Å². The maximum Gasteiger partial charge on any atom is 0.216 e. The van der Waals surface area contributed by atoms with E-state index in [0.717, 1.165) is 11.3 Å². The Labute approximate surface area is 159 Å². The van der Waals surface area contributed by atoms with Crippen LogP contribution in [0.2, 0.25) is 10.0 Å². The maximum atomic E-state index is 6.27. The number of hydrogen-bond donors (Lipinski definition) is 1. The number of benzene rings is 2. The second-order valence-electron chi connectivity index (χ2n) is 5.00. The molecule has 0 spiro atoms. The van der Waals surface area contributed by atoms with Crippen LogP contribution in [0.5, 0.6) is 5.75 Å². The SMILES string of the molecule is CCOc1ccccc1/C=N/n1c(-c2ccc(Cl)cc2Cl)n[nH]c1=S. The van der Waals surface area contributed by atoms with Crippen molar-refractivity contribution in [2.24, 2.45) is 5.10 Å². The van der Waals surface area contributed by atoms with Gasteiger partial charge in [-0.25, -0.2) is 5.10 Å². The first-order chi connectivity index (χ1) is 12.1. The summed E-state index contributed by atoms with van der Waals surface area (Å²) in [5, 5.41) is 12.4. The summed E-state index contributed by atoms with van der Waals surface area (Å²) in [7, 11) is 0. The van der Waals surface area contributed by atoms with E-state index < -0.39 is 0 Å². The van der Waals surface area contributed by atoms with Crippen molar-refractivity contribution in [2.75, 3.05) is 6.61 Å². The van der Waals surface area contributed by atoms with Gasteiger partial charge in [0.25, 0.3) is 0 Å². The van der Waals surface area contributed by atoms with E-state index in [1.54, 1.807) is 24.4 Å². The van der Waals surface area contributed by atoms with Crippen LogP contribution in [-0.4, -0.2) is 27.7 Å². The predicted molar refractivity (Wildman–Crippen MR) is 103 cm³/mol. The molecule has 0 fully saturated rings.